The second-order valence-electron chi connectivity index (χ2n) is 8.01. The molecule has 0 fully saturated rings. The molecule has 0 unspecified atom stereocenters. The van der Waals surface area contributed by atoms with Crippen molar-refractivity contribution in [2.24, 2.45) is 0 Å². The Labute approximate surface area is 185 Å². The molecule has 6 heteroatoms. The molecule has 0 saturated heterocycles. The van der Waals surface area contributed by atoms with E-state index < -0.39 is 5.57 Å². The second kappa shape index (κ2) is 9.65. The van der Waals surface area contributed by atoms with Gasteiger partial charge in [0.1, 0.15) is 23.1 Å². The van der Waals surface area contributed by atoms with E-state index in [1.807, 2.05) is 24.3 Å². The summed E-state index contributed by atoms with van der Waals surface area (Å²) in [6, 6.07) is 20.3. The van der Waals surface area contributed by atoms with E-state index in [-0.39, 0.29) is 17.0 Å². The van der Waals surface area contributed by atoms with Gasteiger partial charge >= 0.3 is 5.57 Å². The van der Waals surface area contributed by atoms with E-state index in [1.165, 1.54) is 24.3 Å². The monoisotopic (exact) mass is 448 g/mol. The molecule has 3 rings (SSSR count). The zero-order valence-electron chi connectivity index (χ0n) is 17.4. The molecule has 3 aromatic rings. The molecule has 0 atom stereocenters. The van der Waals surface area contributed by atoms with Gasteiger partial charge in [0.15, 0.2) is 0 Å². The second-order valence-corrected chi connectivity index (χ2v) is 8.45. The molecule has 164 valence electrons. The highest BCUT2D eigenvalue weighted by atomic mass is 35.5. The third kappa shape index (κ3) is 7.21. The van der Waals surface area contributed by atoms with Crippen molar-refractivity contribution in [3.63, 3.8) is 0 Å². The summed E-state index contributed by atoms with van der Waals surface area (Å²) in [5, 5.41) is 0. The van der Waals surface area contributed by atoms with Crippen LogP contribution in [0.5, 0.6) is 17.2 Å². The lowest BCUT2D eigenvalue weighted by Gasteiger charge is -2.25. The molecule has 0 N–H and O–H groups in total. The predicted molar refractivity (Wildman–Crippen MR) is 117 cm³/mol. The number of hydrogen-bond donors (Lipinski definition) is 0. The van der Waals surface area contributed by atoms with Gasteiger partial charge in [0, 0.05) is 11.6 Å². The summed E-state index contributed by atoms with van der Waals surface area (Å²) in [4.78, 5) is 0. The topological polar surface area (TPSA) is 18.5 Å². The molecule has 0 bridgehead atoms. The Bertz CT molecular complexity index is 981. The number of rotatable bonds is 9. The molecule has 0 spiro atoms. The minimum Gasteiger partial charge on any atom is -0.457 e. The standard InChI is InChI=1S/C25H24ClF3O2/c1-24(2,19-8-12-22(13-9-19)31-25(26,28)29)16-4-6-18-5-3-7-23(17-18)30-21-14-10-20(27)11-15-21/h3,5,7-15,17H,4,6,16H2,1-2H3. The van der Waals surface area contributed by atoms with Crippen LogP contribution in [0.15, 0.2) is 72.8 Å². The minimum atomic E-state index is -3.72. The van der Waals surface area contributed by atoms with Gasteiger partial charge in [0.2, 0.25) is 0 Å². The molecule has 0 saturated carbocycles. The maximum absolute atomic E-state index is 13.0. The highest BCUT2D eigenvalue weighted by molar-refractivity contribution is 6.20. The maximum Gasteiger partial charge on any atom is 0.487 e. The van der Waals surface area contributed by atoms with Crippen molar-refractivity contribution in [3.05, 3.63) is 89.7 Å². The van der Waals surface area contributed by atoms with E-state index >= 15 is 0 Å². The highest BCUT2D eigenvalue weighted by Gasteiger charge is 2.28. The van der Waals surface area contributed by atoms with Crippen LogP contribution in [-0.2, 0) is 11.8 Å². The first-order chi connectivity index (χ1) is 14.6. The van der Waals surface area contributed by atoms with Crippen LogP contribution in [0.4, 0.5) is 13.2 Å². The summed E-state index contributed by atoms with van der Waals surface area (Å²) in [6.45, 7) is 4.24. The summed E-state index contributed by atoms with van der Waals surface area (Å²) in [5.74, 6) is 1.01. The Kier molecular flexibility index (Phi) is 7.16. The summed E-state index contributed by atoms with van der Waals surface area (Å²) < 4.78 is 48.7. The number of aryl methyl sites for hydroxylation is 1. The number of benzene rings is 3. The smallest absolute Gasteiger partial charge is 0.457 e. The number of halogens is 4. The van der Waals surface area contributed by atoms with Crippen molar-refractivity contribution in [2.45, 2.75) is 44.1 Å². The molecule has 0 aliphatic rings. The predicted octanol–water partition coefficient (Wildman–Crippen LogP) is 8.09. The quantitative estimate of drug-likeness (QED) is 0.308. The average Bonchev–Trinajstić information content (AvgIpc) is 2.69. The average molecular weight is 449 g/mol. The molecule has 0 aliphatic heterocycles. The van der Waals surface area contributed by atoms with E-state index in [0.717, 1.165) is 30.4 Å². The van der Waals surface area contributed by atoms with E-state index in [4.69, 9.17) is 16.3 Å². The Morgan fingerprint density at radius 2 is 1.48 bits per heavy atom. The number of hydrogen-bond acceptors (Lipinski definition) is 2. The third-order valence-corrected chi connectivity index (χ3v) is 5.16. The zero-order valence-corrected chi connectivity index (χ0v) is 18.1. The summed E-state index contributed by atoms with van der Waals surface area (Å²) >= 11 is 4.81. The molecular formula is C25H24ClF3O2. The van der Waals surface area contributed by atoms with Crippen LogP contribution in [0.2, 0.25) is 0 Å². The highest BCUT2D eigenvalue weighted by Crippen LogP contribution is 2.32. The fraction of sp³-hybridized carbons (Fsp3) is 0.280. The maximum atomic E-state index is 13.0. The summed E-state index contributed by atoms with van der Waals surface area (Å²) in [7, 11) is 0. The minimum absolute atomic E-state index is 0.0255. The molecule has 2 nitrogen and oxygen atoms in total. The van der Waals surface area contributed by atoms with Crippen LogP contribution in [0.3, 0.4) is 0 Å². The SMILES string of the molecule is CC(C)(CCCc1cccc(Oc2ccc(F)cc2)c1)c1ccc(OC(F)(F)Cl)cc1. The van der Waals surface area contributed by atoms with Crippen molar-refractivity contribution in [3.8, 4) is 17.2 Å². The summed E-state index contributed by atoms with van der Waals surface area (Å²) in [6.07, 6.45) is 2.70. The number of ether oxygens (including phenoxy) is 2. The zero-order chi connectivity index (χ0) is 22.5. The van der Waals surface area contributed by atoms with Gasteiger partial charge in [-0.15, -0.1) is 8.78 Å². The van der Waals surface area contributed by atoms with Gasteiger partial charge in [0.25, 0.3) is 0 Å². The van der Waals surface area contributed by atoms with Crippen LogP contribution >= 0.6 is 11.6 Å². The Balaban J connectivity index is 1.55. The number of alkyl halides is 3. The van der Waals surface area contributed by atoms with Crippen LogP contribution < -0.4 is 9.47 Å². The first kappa shape index (κ1) is 23.0. The fourth-order valence-electron chi connectivity index (χ4n) is 3.39. The van der Waals surface area contributed by atoms with Crippen molar-refractivity contribution in [1.29, 1.82) is 0 Å². The lowest BCUT2D eigenvalue weighted by atomic mass is 9.80. The molecule has 3 aromatic carbocycles. The first-order valence-electron chi connectivity index (χ1n) is 9.99. The Morgan fingerprint density at radius 1 is 0.839 bits per heavy atom. The van der Waals surface area contributed by atoms with E-state index in [0.29, 0.717) is 11.5 Å². The molecule has 0 aliphatic carbocycles. The van der Waals surface area contributed by atoms with Gasteiger partial charge in [-0.1, -0.05) is 38.1 Å². The molecule has 0 radical (unpaired) electrons. The molecule has 0 aromatic heterocycles. The van der Waals surface area contributed by atoms with Gasteiger partial charge in [-0.3, -0.25) is 0 Å². The van der Waals surface area contributed by atoms with Gasteiger partial charge in [-0.2, -0.15) is 0 Å². The van der Waals surface area contributed by atoms with Crippen molar-refractivity contribution >= 4 is 11.6 Å². The Hall–Kier alpha value is -2.66. The lowest BCUT2D eigenvalue weighted by molar-refractivity contribution is -0.0964. The Morgan fingerprint density at radius 3 is 2.13 bits per heavy atom. The van der Waals surface area contributed by atoms with Crippen molar-refractivity contribution in [2.75, 3.05) is 0 Å². The van der Waals surface area contributed by atoms with Crippen LogP contribution in [0, 0.1) is 5.82 Å². The first-order valence-corrected chi connectivity index (χ1v) is 10.4. The van der Waals surface area contributed by atoms with Crippen molar-refractivity contribution in [1.82, 2.24) is 0 Å². The van der Waals surface area contributed by atoms with Gasteiger partial charge in [-0.25, -0.2) is 4.39 Å². The van der Waals surface area contributed by atoms with Crippen molar-refractivity contribution < 1.29 is 22.6 Å². The van der Waals surface area contributed by atoms with E-state index in [1.54, 1.807) is 24.3 Å². The molecule has 0 amide bonds. The normalized spacial score (nSPS) is 11.9. The van der Waals surface area contributed by atoms with Crippen LogP contribution in [0.25, 0.3) is 0 Å². The van der Waals surface area contributed by atoms with Gasteiger partial charge in [0.05, 0.1) is 0 Å². The molecule has 31 heavy (non-hydrogen) atoms. The molecule has 0 heterocycles. The fourth-order valence-corrected chi connectivity index (χ4v) is 3.48. The summed E-state index contributed by atoms with van der Waals surface area (Å²) in [5.41, 5.74) is -1.68. The van der Waals surface area contributed by atoms with Crippen LogP contribution in [0.1, 0.15) is 37.8 Å². The lowest BCUT2D eigenvalue weighted by Crippen LogP contribution is -2.18. The molecular weight excluding hydrogens is 425 g/mol. The van der Waals surface area contributed by atoms with E-state index in [2.05, 4.69) is 18.6 Å². The van der Waals surface area contributed by atoms with E-state index in [9.17, 15) is 13.2 Å². The third-order valence-electron chi connectivity index (χ3n) is 5.08. The van der Waals surface area contributed by atoms with Crippen LogP contribution in [-0.4, -0.2) is 5.57 Å². The largest absolute Gasteiger partial charge is 0.487 e. The van der Waals surface area contributed by atoms with Gasteiger partial charge in [-0.05, 0) is 84.3 Å². The van der Waals surface area contributed by atoms with Gasteiger partial charge < -0.3 is 9.47 Å².